The minimum atomic E-state index is 0.844. The van der Waals surface area contributed by atoms with Crippen molar-refractivity contribution in [3.8, 4) is 11.3 Å². The molecule has 0 bridgehead atoms. The van der Waals surface area contributed by atoms with Crippen molar-refractivity contribution in [1.82, 2.24) is 9.97 Å². The Kier molecular flexibility index (Phi) is 2.61. The van der Waals surface area contributed by atoms with E-state index in [4.69, 9.17) is 0 Å². The highest BCUT2D eigenvalue weighted by molar-refractivity contribution is 9.10. The van der Waals surface area contributed by atoms with Crippen molar-refractivity contribution in [3.63, 3.8) is 0 Å². The summed E-state index contributed by atoms with van der Waals surface area (Å²) in [4.78, 5) is 8.79. The number of halogens is 1. The average molecular weight is 285 g/mol. The number of fused-ring (bicyclic) bond motifs is 1. The Morgan fingerprint density at radius 3 is 2.76 bits per heavy atom. The molecule has 3 heteroatoms. The highest BCUT2D eigenvalue weighted by Crippen LogP contribution is 2.22. The van der Waals surface area contributed by atoms with Gasteiger partial charge in [0.25, 0.3) is 0 Å². The second-order valence-electron chi connectivity index (χ2n) is 3.76. The van der Waals surface area contributed by atoms with Gasteiger partial charge in [0.15, 0.2) is 0 Å². The van der Waals surface area contributed by atoms with Gasteiger partial charge in [0.2, 0.25) is 0 Å². The second kappa shape index (κ2) is 4.26. The van der Waals surface area contributed by atoms with E-state index in [1.807, 2.05) is 24.3 Å². The third-order valence-corrected chi connectivity index (χ3v) is 3.06. The van der Waals surface area contributed by atoms with E-state index in [2.05, 4.69) is 50.2 Å². The molecule has 0 aliphatic heterocycles. The molecule has 0 radical (unpaired) electrons. The molecule has 0 aliphatic carbocycles. The van der Waals surface area contributed by atoms with Crippen LogP contribution in [0, 0.1) is 0 Å². The Morgan fingerprint density at radius 2 is 1.88 bits per heavy atom. The minimum Gasteiger partial charge on any atom is -0.256 e. The maximum Gasteiger partial charge on any atom is 0.106 e. The van der Waals surface area contributed by atoms with Crippen molar-refractivity contribution in [1.29, 1.82) is 0 Å². The molecule has 3 rings (SSSR count). The van der Waals surface area contributed by atoms with Crippen LogP contribution in [0.3, 0.4) is 0 Å². The van der Waals surface area contributed by atoms with Gasteiger partial charge >= 0.3 is 0 Å². The maximum absolute atomic E-state index is 4.44. The smallest absolute Gasteiger partial charge is 0.106 e. The molecule has 82 valence electrons. The molecule has 0 unspecified atom stereocenters. The Morgan fingerprint density at radius 1 is 0.941 bits per heavy atom. The number of hydrogen-bond donors (Lipinski definition) is 0. The number of benzene rings is 1. The van der Waals surface area contributed by atoms with Gasteiger partial charge in [-0.3, -0.25) is 4.98 Å². The van der Waals surface area contributed by atoms with E-state index in [0.717, 1.165) is 26.8 Å². The number of nitrogens with zero attached hydrogens (tertiary/aromatic N) is 2. The van der Waals surface area contributed by atoms with Gasteiger partial charge in [-0.15, -0.1) is 0 Å². The fourth-order valence-electron chi connectivity index (χ4n) is 1.79. The Balaban J connectivity index is 2.18. The lowest BCUT2D eigenvalue weighted by atomic mass is 10.1. The fourth-order valence-corrected chi connectivity index (χ4v) is 2.14. The summed E-state index contributed by atoms with van der Waals surface area (Å²) in [6.45, 7) is 0. The van der Waals surface area contributed by atoms with Gasteiger partial charge < -0.3 is 0 Å². The zero-order valence-corrected chi connectivity index (χ0v) is 10.6. The van der Waals surface area contributed by atoms with Crippen molar-refractivity contribution >= 4 is 26.8 Å². The predicted octanol–water partition coefficient (Wildman–Crippen LogP) is 4.06. The van der Waals surface area contributed by atoms with Crippen molar-refractivity contribution < 1.29 is 0 Å². The molecule has 0 aliphatic rings. The second-order valence-corrected chi connectivity index (χ2v) is 4.57. The summed E-state index contributed by atoms with van der Waals surface area (Å²) in [5, 5.41) is 1.14. The lowest BCUT2D eigenvalue weighted by Gasteiger charge is -2.03. The molecule has 2 nitrogen and oxygen atoms in total. The molecule has 0 fully saturated rings. The van der Waals surface area contributed by atoms with Crippen LogP contribution in [0.2, 0.25) is 0 Å². The van der Waals surface area contributed by atoms with E-state index in [9.17, 15) is 0 Å². The van der Waals surface area contributed by atoms with Crippen molar-refractivity contribution in [2.45, 2.75) is 0 Å². The van der Waals surface area contributed by atoms with E-state index >= 15 is 0 Å². The third-order valence-electron chi connectivity index (χ3n) is 2.62. The lowest BCUT2D eigenvalue weighted by Crippen LogP contribution is -1.85. The largest absolute Gasteiger partial charge is 0.256 e. The number of pyridine rings is 2. The highest BCUT2D eigenvalue weighted by Gasteiger charge is 2.01. The molecule has 0 N–H and O–H groups in total. The SMILES string of the molecule is Brc1cccc(-c2ccc3cccnc3c2)n1. The van der Waals surface area contributed by atoms with Crippen LogP contribution in [0.4, 0.5) is 0 Å². The summed E-state index contributed by atoms with van der Waals surface area (Å²) in [6.07, 6.45) is 1.81. The van der Waals surface area contributed by atoms with Crippen LogP contribution < -0.4 is 0 Å². The van der Waals surface area contributed by atoms with E-state index in [1.165, 1.54) is 0 Å². The third kappa shape index (κ3) is 2.06. The van der Waals surface area contributed by atoms with Crippen LogP contribution in [0.1, 0.15) is 0 Å². The molecule has 0 atom stereocenters. The fraction of sp³-hybridized carbons (Fsp3) is 0. The predicted molar refractivity (Wildman–Crippen MR) is 72.7 cm³/mol. The molecule has 1 aromatic carbocycles. The average Bonchev–Trinajstić information content (AvgIpc) is 2.38. The van der Waals surface area contributed by atoms with Crippen molar-refractivity contribution in [2.75, 3.05) is 0 Å². The van der Waals surface area contributed by atoms with E-state index < -0.39 is 0 Å². The van der Waals surface area contributed by atoms with E-state index in [-0.39, 0.29) is 0 Å². The van der Waals surface area contributed by atoms with Crippen LogP contribution >= 0.6 is 15.9 Å². The number of aromatic nitrogens is 2. The molecule has 0 saturated carbocycles. The van der Waals surface area contributed by atoms with Gasteiger partial charge in [0, 0.05) is 17.1 Å². The lowest BCUT2D eigenvalue weighted by molar-refractivity contribution is 1.28. The van der Waals surface area contributed by atoms with Gasteiger partial charge in [-0.05, 0) is 40.2 Å². The van der Waals surface area contributed by atoms with Crippen LogP contribution in [0.25, 0.3) is 22.2 Å². The summed E-state index contributed by atoms with van der Waals surface area (Å²) in [6, 6.07) is 16.1. The topological polar surface area (TPSA) is 25.8 Å². The van der Waals surface area contributed by atoms with Gasteiger partial charge in [-0.2, -0.15) is 0 Å². The Labute approximate surface area is 107 Å². The molecular formula is C14H9BrN2. The summed E-state index contributed by atoms with van der Waals surface area (Å²) >= 11 is 3.38. The normalized spacial score (nSPS) is 10.6. The zero-order chi connectivity index (χ0) is 11.7. The molecule has 17 heavy (non-hydrogen) atoms. The standard InChI is InChI=1S/C14H9BrN2/c15-14-5-1-4-12(17-14)11-7-6-10-3-2-8-16-13(10)9-11/h1-9H. The first-order valence-corrected chi connectivity index (χ1v) is 6.10. The Bertz CT molecular complexity index is 680. The summed E-state index contributed by atoms with van der Waals surface area (Å²) in [7, 11) is 0. The van der Waals surface area contributed by atoms with Crippen LogP contribution in [0.5, 0.6) is 0 Å². The monoisotopic (exact) mass is 284 g/mol. The minimum absolute atomic E-state index is 0.844. The highest BCUT2D eigenvalue weighted by atomic mass is 79.9. The summed E-state index contributed by atoms with van der Waals surface area (Å²) in [5.41, 5.74) is 3.02. The first-order valence-electron chi connectivity index (χ1n) is 5.31. The molecule has 0 spiro atoms. The van der Waals surface area contributed by atoms with Gasteiger partial charge in [-0.1, -0.05) is 24.3 Å². The molecule has 3 aromatic rings. The summed E-state index contributed by atoms with van der Waals surface area (Å²) < 4.78 is 0.844. The quantitative estimate of drug-likeness (QED) is 0.630. The van der Waals surface area contributed by atoms with Gasteiger partial charge in [0.1, 0.15) is 4.60 Å². The first-order chi connectivity index (χ1) is 8.33. The van der Waals surface area contributed by atoms with Crippen LogP contribution in [-0.2, 0) is 0 Å². The summed E-state index contributed by atoms with van der Waals surface area (Å²) in [5.74, 6) is 0. The molecule has 2 aromatic heterocycles. The molecule has 0 amide bonds. The first kappa shape index (κ1) is 10.4. The van der Waals surface area contributed by atoms with Crippen LogP contribution in [-0.4, -0.2) is 9.97 Å². The van der Waals surface area contributed by atoms with Crippen LogP contribution in [0.15, 0.2) is 59.3 Å². The van der Waals surface area contributed by atoms with Gasteiger partial charge in [-0.25, -0.2) is 4.98 Å². The van der Waals surface area contributed by atoms with Gasteiger partial charge in [0.05, 0.1) is 11.2 Å². The zero-order valence-electron chi connectivity index (χ0n) is 8.97. The molecular weight excluding hydrogens is 276 g/mol. The van der Waals surface area contributed by atoms with E-state index in [0.29, 0.717) is 0 Å². The number of rotatable bonds is 1. The Hall–Kier alpha value is -1.74. The van der Waals surface area contributed by atoms with Crippen molar-refractivity contribution in [2.24, 2.45) is 0 Å². The maximum atomic E-state index is 4.44. The number of hydrogen-bond acceptors (Lipinski definition) is 2. The molecule has 0 saturated heterocycles. The molecule has 2 heterocycles. The van der Waals surface area contributed by atoms with Crippen molar-refractivity contribution in [3.05, 3.63) is 59.3 Å². The van der Waals surface area contributed by atoms with E-state index in [1.54, 1.807) is 6.20 Å².